The van der Waals surface area contributed by atoms with E-state index in [-0.39, 0.29) is 11.5 Å². The number of imidazole rings is 1. The molecule has 1 atom stereocenters. The van der Waals surface area contributed by atoms with E-state index in [4.69, 9.17) is 11.6 Å². The van der Waals surface area contributed by atoms with E-state index in [2.05, 4.69) is 9.71 Å². The fourth-order valence-electron chi connectivity index (χ4n) is 1.34. The van der Waals surface area contributed by atoms with E-state index in [0.29, 0.717) is 6.54 Å². The van der Waals surface area contributed by atoms with Crippen molar-refractivity contribution in [3.05, 3.63) is 18.7 Å². The Labute approximate surface area is 107 Å². The third kappa shape index (κ3) is 4.65. The van der Waals surface area contributed by atoms with Crippen LogP contribution in [0.4, 0.5) is 0 Å². The Morgan fingerprint density at radius 2 is 2.12 bits per heavy atom. The van der Waals surface area contributed by atoms with Gasteiger partial charge in [-0.2, -0.15) is 0 Å². The standard InChI is InChI=1S/C10H18ClN3O2S/c1-10(2,3)9(13-17(15,16)7-11)6-14-5-4-12-8-14/h4-5,8-9,13H,6-7H2,1-3H3. The molecule has 0 aromatic carbocycles. The molecule has 0 aliphatic rings. The first kappa shape index (κ1) is 14.5. The van der Waals surface area contributed by atoms with Crippen LogP contribution < -0.4 is 4.72 Å². The number of halogens is 1. The normalized spacial score (nSPS) is 14.8. The van der Waals surface area contributed by atoms with Gasteiger partial charge in [0.15, 0.2) is 0 Å². The Bertz CT molecular complexity index is 437. The lowest BCUT2D eigenvalue weighted by atomic mass is 9.87. The second kappa shape index (κ2) is 5.37. The fraction of sp³-hybridized carbons (Fsp3) is 0.700. The Hall–Kier alpha value is -0.590. The monoisotopic (exact) mass is 279 g/mol. The molecule has 98 valence electrons. The average molecular weight is 280 g/mol. The first-order valence-corrected chi connectivity index (χ1v) is 7.45. The topological polar surface area (TPSA) is 64.0 Å². The van der Waals surface area contributed by atoms with Gasteiger partial charge in [0.2, 0.25) is 10.0 Å². The summed E-state index contributed by atoms with van der Waals surface area (Å²) in [6.45, 7) is 6.46. The smallest absolute Gasteiger partial charge is 0.225 e. The van der Waals surface area contributed by atoms with Gasteiger partial charge in [0.25, 0.3) is 0 Å². The first-order chi connectivity index (χ1) is 7.74. The van der Waals surface area contributed by atoms with Crippen LogP contribution in [0.25, 0.3) is 0 Å². The van der Waals surface area contributed by atoms with Crippen molar-refractivity contribution in [1.29, 1.82) is 0 Å². The van der Waals surface area contributed by atoms with Crippen molar-refractivity contribution in [3.8, 4) is 0 Å². The van der Waals surface area contributed by atoms with Crippen molar-refractivity contribution >= 4 is 21.6 Å². The fourth-order valence-corrected chi connectivity index (χ4v) is 2.46. The van der Waals surface area contributed by atoms with Crippen molar-refractivity contribution < 1.29 is 8.42 Å². The Balaban J connectivity index is 2.83. The minimum Gasteiger partial charge on any atom is -0.336 e. The Morgan fingerprint density at radius 3 is 2.53 bits per heavy atom. The summed E-state index contributed by atoms with van der Waals surface area (Å²) in [6.07, 6.45) is 5.12. The maximum Gasteiger partial charge on any atom is 0.225 e. The molecule has 0 aliphatic carbocycles. The third-order valence-corrected chi connectivity index (χ3v) is 4.26. The van der Waals surface area contributed by atoms with E-state index in [1.165, 1.54) is 0 Å². The number of nitrogens with zero attached hydrogens (tertiary/aromatic N) is 2. The molecular weight excluding hydrogens is 262 g/mol. The van der Waals surface area contributed by atoms with Crippen molar-refractivity contribution in [3.63, 3.8) is 0 Å². The number of hydrogen-bond acceptors (Lipinski definition) is 3. The molecule has 0 amide bonds. The molecule has 1 aromatic rings. The molecule has 1 N–H and O–H groups in total. The minimum absolute atomic E-state index is 0.205. The summed E-state index contributed by atoms with van der Waals surface area (Å²) in [5.41, 5.74) is -0.205. The van der Waals surface area contributed by atoms with Crippen molar-refractivity contribution in [2.45, 2.75) is 33.4 Å². The zero-order chi connectivity index (χ0) is 13.1. The van der Waals surface area contributed by atoms with Gasteiger partial charge in [-0.3, -0.25) is 0 Å². The molecule has 0 aliphatic heterocycles. The summed E-state index contributed by atoms with van der Waals surface area (Å²) in [4.78, 5) is 3.93. The number of rotatable bonds is 5. The summed E-state index contributed by atoms with van der Waals surface area (Å²) in [7, 11) is -3.42. The largest absolute Gasteiger partial charge is 0.336 e. The van der Waals surface area contributed by atoms with E-state index < -0.39 is 15.2 Å². The molecular formula is C10H18ClN3O2S. The van der Waals surface area contributed by atoms with Gasteiger partial charge in [-0.1, -0.05) is 20.8 Å². The lowest BCUT2D eigenvalue weighted by Gasteiger charge is -2.31. The summed E-state index contributed by atoms with van der Waals surface area (Å²) < 4.78 is 27.5. The van der Waals surface area contributed by atoms with Gasteiger partial charge in [0, 0.05) is 25.0 Å². The number of sulfonamides is 1. The summed E-state index contributed by atoms with van der Waals surface area (Å²) in [6, 6.07) is -0.236. The quantitative estimate of drug-likeness (QED) is 0.829. The molecule has 7 heteroatoms. The Kier molecular flexibility index (Phi) is 4.57. The molecule has 0 saturated carbocycles. The maximum absolute atomic E-state index is 11.5. The van der Waals surface area contributed by atoms with E-state index in [0.717, 1.165) is 0 Å². The molecule has 1 heterocycles. The van der Waals surface area contributed by atoms with E-state index >= 15 is 0 Å². The zero-order valence-corrected chi connectivity index (χ0v) is 11.8. The second-order valence-corrected chi connectivity index (χ2v) is 7.36. The summed E-state index contributed by atoms with van der Waals surface area (Å²) in [5, 5.41) is -0.427. The highest BCUT2D eigenvalue weighted by Crippen LogP contribution is 2.21. The van der Waals surface area contributed by atoms with Crippen molar-refractivity contribution in [1.82, 2.24) is 14.3 Å². The van der Waals surface area contributed by atoms with Crippen molar-refractivity contribution in [2.24, 2.45) is 5.41 Å². The van der Waals surface area contributed by atoms with Gasteiger partial charge >= 0.3 is 0 Å². The molecule has 0 bridgehead atoms. The molecule has 0 saturated heterocycles. The number of nitrogens with one attached hydrogen (secondary N) is 1. The van der Waals surface area contributed by atoms with Crippen LogP contribution >= 0.6 is 11.6 Å². The molecule has 17 heavy (non-hydrogen) atoms. The van der Waals surface area contributed by atoms with E-state index in [1.54, 1.807) is 18.7 Å². The molecule has 1 unspecified atom stereocenters. The highest BCUT2D eigenvalue weighted by atomic mass is 35.5. The Morgan fingerprint density at radius 1 is 1.47 bits per heavy atom. The van der Waals surface area contributed by atoms with Crippen LogP contribution in [-0.2, 0) is 16.6 Å². The SMILES string of the molecule is CC(C)(C)C(Cn1ccnc1)NS(=O)(=O)CCl. The van der Waals surface area contributed by atoms with Crippen molar-refractivity contribution in [2.75, 3.05) is 5.21 Å². The van der Waals surface area contributed by atoms with Crippen LogP contribution in [0.1, 0.15) is 20.8 Å². The molecule has 1 rings (SSSR count). The lowest BCUT2D eigenvalue weighted by molar-refractivity contribution is 0.271. The zero-order valence-electron chi connectivity index (χ0n) is 10.2. The predicted octanol–water partition coefficient (Wildman–Crippen LogP) is 1.41. The predicted molar refractivity (Wildman–Crippen MR) is 68.2 cm³/mol. The number of hydrogen-bond donors (Lipinski definition) is 1. The van der Waals surface area contributed by atoms with Gasteiger partial charge in [-0.05, 0) is 5.41 Å². The van der Waals surface area contributed by atoms with Crippen LogP contribution in [0.5, 0.6) is 0 Å². The lowest BCUT2D eigenvalue weighted by Crippen LogP contribution is -2.46. The third-order valence-electron chi connectivity index (χ3n) is 2.46. The molecule has 0 spiro atoms. The van der Waals surface area contributed by atoms with E-state index in [1.807, 2.05) is 25.3 Å². The number of aromatic nitrogens is 2. The van der Waals surface area contributed by atoms with Gasteiger partial charge in [0.05, 0.1) is 6.33 Å². The van der Waals surface area contributed by atoms with Gasteiger partial charge in [-0.25, -0.2) is 18.1 Å². The maximum atomic E-state index is 11.5. The van der Waals surface area contributed by atoms with Crippen LogP contribution in [0.2, 0.25) is 0 Å². The van der Waals surface area contributed by atoms with E-state index in [9.17, 15) is 8.42 Å². The minimum atomic E-state index is -3.42. The first-order valence-electron chi connectivity index (χ1n) is 5.26. The summed E-state index contributed by atoms with van der Waals surface area (Å²) >= 11 is 5.40. The average Bonchev–Trinajstić information content (AvgIpc) is 2.68. The molecule has 0 fully saturated rings. The number of alkyl halides is 1. The molecule has 5 nitrogen and oxygen atoms in total. The second-order valence-electron chi connectivity index (χ2n) is 5.02. The molecule has 1 aromatic heterocycles. The molecule has 0 radical (unpaired) electrons. The van der Waals surface area contributed by atoms with Gasteiger partial charge in [-0.15, -0.1) is 11.6 Å². The van der Waals surface area contributed by atoms with Crippen LogP contribution in [-0.4, -0.2) is 29.2 Å². The van der Waals surface area contributed by atoms with Crippen LogP contribution in [0, 0.1) is 5.41 Å². The van der Waals surface area contributed by atoms with Gasteiger partial charge < -0.3 is 4.57 Å². The van der Waals surface area contributed by atoms with Gasteiger partial charge in [0.1, 0.15) is 5.21 Å². The van der Waals surface area contributed by atoms with Crippen LogP contribution in [0.3, 0.4) is 0 Å². The highest BCUT2D eigenvalue weighted by Gasteiger charge is 2.28. The summed E-state index contributed by atoms with van der Waals surface area (Å²) in [5.74, 6) is 0. The van der Waals surface area contributed by atoms with Crippen LogP contribution in [0.15, 0.2) is 18.7 Å². The highest BCUT2D eigenvalue weighted by molar-refractivity contribution is 7.90.